The van der Waals surface area contributed by atoms with Crippen LogP contribution in [0, 0.1) is 11.3 Å². The molecule has 1 amide bonds. The molecule has 2 aromatic carbocycles. The van der Waals surface area contributed by atoms with Crippen LogP contribution in [0.1, 0.15) is 15.9 Å². The minimum atomic E-state index is -1.05. The summed E-state index contributed by atoms with van der Waals surface area (Å²) in [5.74, 6) is -1.61. The second kappa shape index (κ2) is 9.39. The van der Waals surface area contributed by atoms with Crippen molar-refractivity contribution in [1.29, 1.82) is 5.26 Å². The summed E-state index contributed by atoms with van der Waals surface area (Å²) in [6, 6.07) is 15.4. The van der Waals surface area contributed by atoms with Gasteiger partial charge in [-0.05, 0) is 42.3 Å². The zero-order valence-electron chi connectivity index (χ0n) is 13.7. The van der Waals surface area contributed by atoms with Crippen molar-refractivity contribution in [1.82, 2.24) is 5.32 Å². The molecule has 0 aliphatic heterocycles. The molecule has 0 spiro atoms. The third-order valence-electron chi connectivity index (χ3n) is 3.50. The molecule has 0 aromatic heterocycles. The van der Waals surface area contributed by atoms with Gasteiger partial charge >= 0.3 is 5.97 Å². The van der Waals surface area contributed by atoms with Crippen LogP contribution in [0.3, 0.4) is 0 Å². The number of carbonyl (C=O) groups excluding carboxylic acids is 1. The van der Waals surface area contributed by atoms with E-state index in [0.29, 0.717) is 12.2 Å². The van der Waals surface area contributed by atoms with Crippen LogP contribution < -0.4 is 10.6 Å². The maximum absolute atomic E-state index is 12.1. The Hall–Kier alpha value is -3.11. The molecular weight excluding hydrogens is 398 g/mol. The van der Waals surface area contributed by atoms with E-state index >= 15 is 0 Å². The number of rotatable bonds is 7. The molecule has 0 radical (unpaired) electrons. The van der Waals surface area contributed by atoms with E-state index in [1.54, 1.807) is 0 Å². The minimum Gasteiger partial charge on any atom is -0.478 e. The largest absolute Gasteiger partial charge is 0.478 e. The van der Waals surface area contributed by atoms with Crippen molar-refractivity contribution >= 4 is 33.5 Å². The molecule has 0 aliphatic rings. The molecule has 0 unspecified atom stereocenters. The number of halogens is 1. The number of nitrogens with zero attached hydrogens (tertiary/aromatic N) is 1. The van der Waals surface area contributed by atoms with E-state index in [1.165, 1.54) is 30.5 Å². The standard InChI is InChI=1S/C19H16BrN3O3/c20-17-4-2-1-3-13(17)9-10-22-12-15(11-21)18(24)23-16-7-5-14(6-8-16)19(25)26/h1-8,12,22H,9-10H2,(H,23,24)(H,25,26)/b15-12-. The van der Waals surface area contributed by atoms with Crippen molar-refractivity contribution in [2.45, 2.75) is 6.42 Å². The topological polar surface area (TPSA) is 102 Å². The van der Waals surface area contributed by atoms with Crippen LogP contribution in [0.15, 0.2) is 64.8 Å². The maximum atomic E-state index is 12.1. The molecule has 2 rings (SSSR count). The highest BCUT2D eigenvalue weighted by Gasteiger charge is 2.10. The smallest absolute Gasteiger partial charge is 0.335 e. The predicted molar refractivity (Wildman–Crippen MR) is 102 cm³/mol. The SMILES string of the molecule is N#C/C(=C/NCCc1ccccc1Br)C(=O)Nc1ccc(C(=O)O)cc1. The Kier molecular flexibility index (Phi) is 6.94. The summed E-state index contributed by atoms with van der Waals surface area (Å²) in [6.07, 6.45) is 2.10. The first-order valence-corrected chi connectivity index (χ1v) is 8.52. The van der Waals surface area contributed by atoms with E-state index < -0.39 is 11.9 Å². The Morgan fingerprint density at radius 2 is 1.85 bits per heavy atom. The van der Waals surface area contributed by atoms with Gasteiger partial charge in [0.15, 0.2) is 0 Å². The van der Waals surface area contributed by atoms with Gasteiger partial charge in [-0.25, -0.2) is 4.79 Å². The van der Waals surface area contributed by atoms with Gasteiger partial charge in [-0.15, -0.1) is 0 Å². The minimum absolute atomic E-state index is 0.0700. The second-order valence-corrected chi connectivity index (χ2v) is 6.16. The van der Waals surface area contributed by atoms with Gasteiger partial charge in [0, 0.05) is 22.9 Å². The fourth-order valence-electron chi connectivity index (χ4n) is 2.13. The number of nitriles is 1. The van der Waals surface area contributed by atoms with Crippen molar-refractivity contribution in [3.05, 3.63) is 75.9 Å². The van der Waals surface area contributed by atoms with Crippen LogP contribution in [0.4, 0.5) is 5.69 Å². The van der Waals surface area contributed by atoms with Crippen molar-refractivity contribution in [2.24, 2.45) is 0 Å². The summed E-state index contributed by atoms with van der Waals surface area (Å²) < 4.78 is 1.01. The molecule has 0 heterocycles. The molecule has 0 atom stereocenters. The number of carbonyl (C=O) groups is 2. The van der Waals surface area contributed by atoms with Gasteiger partial charge in [0.1, 0.15) is 11.6 Å². The molecule has 0 saturated carbocycles. The lowest BCUT2D eigenvalue weighted by atomic mass is 10.1. The molecule has 26 heavy (non-hydrogen) atoms. The number of carboxylic acids is 1. The Labute approximate surface area is 159 Å². The Morgan fingerprint density at radius 1 is 1.15 bits per heavy atom. The molecule has 3 N–H and O–H groups in total. The Bertz CT molecular complexity index is 870. The first-order chi connectivity index (χ1) is 12.5. The monoisotopic (exact) mass is 413 g/mol. The van der Waals surface area contributed by atoms with E-state index in [0.717, 1.165) is 16.5 Å². The highest BCUT2D eigenvalue weighted by molar-refractivity contribution is 9.10. The third-order valence-corrected chi connectivity index (χ3v) is 4.27. The van der Waals surface area contributed by atoms with Crippen molar-refractivity contribution < 1.29 is 14.7 Å². The first-order valence-electron chi connectivity index (χ1n) is 7.73. The van der Waals surface area contributed by atoms with Crippen LogP contribution >= 0.6 is 15.9 Å². The zero-order chi connectivity index (χ0) is 18.9. The van der Waals surface area contributed by atoms with Crippen LogP contribution in [0.5, 0.6) is 0 Å². The van der Waals surface area contributed by atoms with Crippen LogP contribution in [-0.4, -0.2) is 23.5 Å². The van der Waals surface area contributed by atoms with Gasteiger partial charge in [0.25, 0.3) is 5.91 Å². The third kappa shape index (κ3) is 5.46. The molecule has 132 valence electrons. The van der Waals surface area contributed by atoms with Gasteiger partial charge in [0.2, 0.25) is 0 Å². The average Bonchev–Trinajstić information content (AvgIpc) is 2.63. The van der Waals surface area contributed by atoms with Gasteiger partial charge in [-0.1, -0.05) is 34.1 Å². The average molecular weight is 414 g/mol. The molecule has 0 aliphatic carbocycles. The van der Waals surface area contributed by atoms with Gasteiger partial charge in [-0.3, -0.25) is 4.79 Å². The summed E-state index contributed by atoms with van der Waals surface area (Å²) in [6.45, 7) is 0.564. The predicted octanol–water partition coefficient (Wildman–Crippen LogP) is 3.33. The van der Waals surface area contributed by atoms with E-state index in [1.807, 2.05) is 30.3 Å². The van der Waals surface area contributed by atoms with Crippen LogP contribution in [0.2, 0.25) is 0 Å². The normalized spacial score (nSPS) is 10.7. The Morgan fingerprint density at radius 3 is 2.46 bits per heavy atom. The lowest BCUT2D eigenvalue weighted by Crippen LogP contribution is -2.18. The van der Waals surface area contributed by atoms with E-state index in [9.17, 15) is 9.59 Å². The van der Waals surface area contributed by atoms with Gasteiger partial charge in [0.05, 0.1) is 5.56 Å². The number of aromatic carboxylic acids is 1. The Balaban J connectivity index is 1.91. The van der Waals surface area contributed by atoms with Gasteiger partial charge < -0.3 is 15.7 Å². The zero-order valence-corrected chi connectivity index (χ0v) is 15.3. The number of amides is 1. The summed E-state index contributed by atoms with van der Waals surface area (Å²) in [4.78, 5) is 22.9. The molecule has 0 bridgehead atoms. The number of benzene rings is 2. The van der Waals surface area contributed by atoms with E-state index in [2.05, 4.69) is 26.6 Å². The molecule has 0 saturated heterocycles. The van der Waals surface area contributed by atoms with Crippen LogP contribution in [0.25, 0.3) is 0 Å². The maximum Gasteiger partial charge on any atom is 0.335 e. The summed E-state index contributed by atoms with van der Waals surface area (Å²) in [5, 5.41) is 23.5. The molecule has 6 nitrogen and oxygen atoms in total. The summed E-state index contributed by atoms with van der Waals surface area (Å²) in [7, 11) is 0. The number of carboxylic acid groups (broad SMARTS) is 1. The summed E-state index contributed by atoms with van der Waals surface area (Å²) >= 11 is 3.47. The van der Waals surface area contributed by atoms with Crippen LogP contribution in [-0.2, 0) is 11.2 Å². The number of hydrogen-bond acceptors (Lipinski definition) is 4. The molecule has 0 fully saturated rings. The highest BCUT2D eigenvalue weighted by Crippen LogP contribution is 2.16. The quantitative estimate of drug-likeness (QED) is 0.367. The lowest BCUT2D eigenvalue weighted by molar-refractivity contribution is -0.112. The van der Waals surface area contributed by atoms with E-state index in [-0.39, 0.29) is 11.1 Å². The number of nitrogens with one attached hydrogen (secondary N) is 2. The van der Waals surface area contributed by atoms with Crippen molar-refractivity contribution in [2.75, 3.05) is 11.9 Å². The van der Waals surface area contributed by atoms with Crippen molar-refractivity contribution in [3.8, 4) is 6.07 Å². The fraction of sp³-hybridized carbons (Fsp3) is 0.105. The second-order valence-electron chi connectivity index (χ2n) is 5.30. The number of hydrogen-bond donors (Lipinski definition) is 3. The van der Waals surface area contributed by atoms with Crippen molar-refractivity contribution in [3.63, 3.8) is 0 Å². The highest BCUT2D eigenvalue weighted by atomic mass is 79.9. The number of anilines is 1. The fourth-order valence-corrected chi connectivity index (χ4v) is 2.61. The molecular formula is C19H16BrN3O3. The van der Waals surface area contributed by atoms with Gasteiger partial charge in [-0.2, -0.15) is 5.26 Å². The lowest BCUT2D eigenvalue weighted by Gasteiger charge is -2.06. The van der Waals surface area contributed by atoms with E-state index in [4.69, 9.17) is 10.4 Å². The molecule has 2 aromatic rings. The first kappa shape index (κ1) is 19.2. The molecule has 7 heteroatoms. The summed E-state index contributed by atoms with van der Waals surface area (Å²) in [5.41, 5.74) is 1.58.